The maximum atomic E-state index is 13.2. The molecule has 0 aromatic heterocycles. The third kappa shape index (κ3) is 3.46. The zero-order valence-corrected chi connectivity index (χ0v) is 11.4. The van der Waals surface area contributed by atoms with Gasteiger partial charge in [0.25, 0.3) is 0 Å². The van der Waals surface area contributed by atoms with E-state index < -0.39 is 0 Å². The average Bonchev–Trinajstić information content (AvgIpc) is 3.07. The lowest BCUT2D eigenvalue weighted by molar-refractivity contribution is 0.620. The number of halogens is 3. The van der Waals surface area contributed by atoms with Crippen molar-refractivity contribution in [3.63, 3.8) is 0 Å². The van der Waals surface area contributed by atoms with Crippen molar-refractivity contribution in [3.05, 3.63) is 34.6 Å². The van der Waals surface area contributed by atoms with Crippen molar-refractivity contribution in [2.24, 2.45) is 5.92 Å². The summed E-state index contributed by atoms with van der Waals surface area (Å²) in [5.41, 5.74) is 1.04. The standard InChI is InChI=1S/C13H15BrClF/c14-11(10-5-6-10)3-1-2-9-4-7-12(15)13(16)8-9/h4,7-8,10-11H,1-3,5-6H2. The zero-order valence-electron chi connectivity index (χ0n) is 9.06. The summed E-state index contributed by atoms with van der Waals surface area (Å²) in [6.45, 7) is 0. The van der Waals surface area contributed by atoms with E-state index in [0.717, 1.165) is 24.3 Å². The Morgan fingerprint density at radius 2 is 2.19 bits per heavy atom. The van der Waals surface area contributed by atoms with Crippen LogP contribution >= 0.6 is 27.5 Å². The van der Waals surface area contributed by atoms with Gasteiger partial charge in [-0.25, -0.2) is 4.39 Å². The monoisotopic (exact) mass is 304 g/mol. The van der Waals surface area contributed by atoms with Gasteiger partial charge in [0, 0.05) is 4.83 Å². The Morgan fingerprint density at radius 3 is 2.81 bits per heavy atom. The second-order valence-corrected chi connectivity index (χ2v) is 6.08. The molecule has 1 atom stereocenters. The van der Waals surface area contributed by atoms with Gasteiger partial charge in [-0.3, -0.25) is 0 Å². The maximum Gasteiger partial charge on any atom is 0.142 e. The van der Waals surface area contributed by atoms with Crippen LogP contribution in [0.1, 0.15) is 31.2 Å². The molecule has 3 heteroatoms. The van der Waals surface area contributed by atoms with Crippen molar-refractivity contribution in [3.8, 4) is 0 Å². The first-order chi connectivity index (χ1) is 7.66. The van der Waals surface area contributed by atoms with Gasteiger partial charge in [0.1, 0.15) is 5.82 Å². The number of aryl methyl sites for hydroxylation is 1. The lowest BCUT2D eigenvalue weighted by Gasteiger charge is -2.07. The fourth-order valence-electron chi connectivity index (χ4n) is 1.89. The highest BCUT2D eigenvalue weighted by Gasteiger charge is 2.28. The van der Waals surface area contributed by atoms with Crippen molar-refractivity contribution in [1.29, 1.82) is 0 Å². The van der Waals surface area contributed by atoms with Crippen LogP contribution in [0.3, 0.4) is 0 Å². The van der Waals surface area contributed by atoms with Crippen LogP contribution < -0.4 is 0 Å². The highest BCUT2D eigenvalue weighted by Crippen LogP contribution is 2.38. The van der Waals surface area contributed by atoms with E-state index in [9.17, 15) is 4.39 Å². The largest absolute Gasteiger partial charge is 0.205 e. The first kappa shape index (κ1) is 12.4. The Labute approximate surface area is 109 Å². The van der Waals surface area contributed by atoms with Gasteiger partial charge in [0.15, 0.2) is 0 Å². The molecule has 16 heavy (non-hydrogen) atoms. The molecule has 1 fully saturated rings. The second-order valence-electron chi connectivity index (χ2n) is 4.49. The molecule has 1 saturated carbocycles. The number of hydrogen-bond acceptors (Lipinski definition) is 0. The molecular formula is C13H15BrClF. The van der Waals surface area contributed by atoms with Gasteiger partial charge in [0.05, 0.1) is 5.02 Å². The Bertz CT molecular complexity index is 363. The van der Waals surface area contributed by atoms with E-state index in [1.165, 1.54) is 19.3 Å². The summed E-state index contributed by atoms with van der Waals surface area (Å²) in [6, 6.07) is 5.09. The molecule has 0 saturated heterocycles. The molecular weight excluding hydrogens is 290 g/mol. The van der Waals surface area contributed by atoms with Crippen LogP contribution in [0.4, 0.5) is 4.39 Å². The molecule has 0 aliphatic heterocycles. The summed E-state index contributed by atoms with van der Waals surface area (Å²) in [5.74, 6) is 0.582. The van der Waals surface area contributed by atoms with Crippen LogP contribution in [-0.2, 0) is 6.42 Å². The summed E-state index contributed by atoms with van der Waals surface area (Å²) < 4.78 is 13.2. The predicted octanol–water partition coefficient (Wildman–Crippen LogP) is 4.98. The molecule has 0 N–H and O–H groups in total. The zero-order chi connectivity index (χ0) is 11.5. The van der Waals surface area contributed by atoms with E-state index in [0.29, 0.717) is 4.83 Å². The minimum atomic E-state index is -0.309. The summed E-state index contributed by atoms with van der Waals surface area (Å²) in [6.07, 6.45) is 5.95. The SMILES string of the molecule is Fc1cc(CCCC(Br)C2CC2)ccc1Cl. The fourth-order valence-corrected chi connectivity index (χ4v) is 2.86. The van der Waals surface area contributed by atoms with Gasteiger partial charge >= 0.3 is 0 Å². The van der Waals surface area contributed by atoms with E-state index >= 15 is 0 Å². The molecule has 0 heterocycles. The Morgan fingerprint density at radius 1 is 1.44 bits per heavy atom. The van der Waals surface area contributed by atoms with E-state index in [-0.39, 0.29) is 10.8 Å². The lowest BCUT2D eigenvalue weighted by atomic mass is 10.1. The van der Waals surface area contributed by atoms with Gasteiger partial charge in [-0.1, -0.05) is 33.6 Å². The number of rotatable bonds is 5. The summed E-state index contributed by atoms with van der Waals surface area (Å²) in [5, 5.41) is 0.208. The Kier molecular flexibility index (Phi) is 4.26. The topological polar surface area (TPSA) is 0 Å². The van der Waals surface area contributed by atoms with Crippen LogP contribution in [0.2, 0.25) is 5.02 Å². The molecule has 0 radical (unpaired) electrons. The smallest absolute Gasteiger partial charge is 0.142 e. The maximum absolute atomic E-state index is 13.2. The van der Waals surface area contributed by atoms with Crippen molar-refractivity contribution in [1.82, 2.24) is 0 Å². The molecule has 0 spiro atoms. The van der Waals surface area contributed by atoms with Crippen LogP contribution in [0.5, 0.6) is 0 Å². The average molecular weight is 306 g/mol. The summed E-state index contributed by atoms with van der Waals surface area (Å²) in [4.78, 5) is 0.657. The molecule has 1 unspecified atom stereocenters. The first-order valence-electron chi connectivity index (χ1n) is 5.75. The van der Waals surface area contributed by atoms with Gasteiger partial charge in [0.2, 0.25) is 0 Å². The number of hydrogen-bond donors (Lipinski definition) is 0. The van der Waals surface area contributed by atoms with E-state index in [1.807, 2.05) is 6.07 Å². The van der Waals surface area contributed by atoms with Crippen molar-refractivity contribution >= 4 is 27.5 Å². The minimum absolute atomic E-state index is 0.208. The normalized spacial score (nSPS) is 17.4. The van der Waals surface area contributed by atoms with Gasteiger partial charge < -0.3 is 0 Å². The fraction of sp³-hybridized carbons (Fsp3) is 0.538. The highest BCUT2D eigenvalue weighted by molar-refractivity contribution is 9.09. The molecule has 1 aliphatic rings. The molecule has 0 amide bonds. The van der Waals surface area contributed by atoms with Gasteiger partial charge in [-0.05, 0) is 55.7 Å². The first-order valence-corrected chi connectivity index (χ1v) is 7.04. The van der Waals surface area contributed by atoms with Crippen LogP contribution in [0, 0.1) is 11.7 Å². The number of benzene rings is 1. The molecule has 2 rings (SSSR count). The van der Waals surface area contributed by atoms with Gasteiger partial charge in [-0.15, -0.1) is 0 Å². The molecule has 1 aromatic carbocycles. The summed E-state index contributed by atoms with van der Waals surface area (Å²) >= 11 is 9.34. The van der Waals surface area contributed by atoms with Crippen LogP contribution in [-0.4, -0.2) is 4.83 Å². The molecule has 1 aliphatic carbocycles. The van der Waals surface area contributed by atoms with Crippen molar-refractivity contribution in [2.75, 3.05) is 0 Å². The van der Waals surface area contributed by atoms with Crippen LogP contribution in [0.15, 0.2) is 18.2 Å². The predicted molar refractivity (Wildman–Crippen MR) is 69.8 cm³/mol. The summed E-state index contributed by atoms with van der Waals surface area (Å²) in [7, 11) is 0. The minimum Gasteiger partial charge on any atom is -0.205 e. The van der Waals surface area contributed by atoms with Crippen molar-refractivity contribution < 1.29 is 4.39 Å². The highest BCUT2D eigenvalue weighted by atomic mass is 79.9. The Balaban J connectivity index is 1.78. The molecule has 88 valence electrons. The molecule has 1 aromatic rings. The molecule has 0 nitrogen and oxygen atoms in total. The number of alkyl halides is 1. The third-order valence-electron chi connectivity index (χ3n) is 3.06. The second kappa shape index (κ2) is 5.50. The van der Waals surface area contributed by atoms with Crippen molar-refractivity contribution in [2.45, 2.75) is 36.9 Å². The van der Waals surface area contributed by atoms with E-state index in [4.69, 9.17) is 11.6 Å². The quantitative estimate of drug-likeness (QED) is 0.673. The lowest BCUT2D eigenvalue weighted by Crippen LogP contribution is -2.01. The van der Waals surface area contributed by atoms with Gasteiger partial charge in [-0.2, -0.15) is 0 Å². The van der Waals surface area contributed by atoms with Crippen LogP contribution in [0.25, 0.3) is 0 Å². The Hall–Kier alpha value is -0.0800. The molecule has 0 bridgehead atoms. The third-order valence-corrected chi connectivity index (χ3v) is 4.57. The van der Waals surface area contributed by atoms with E-state index in [2.05, 4.69) is 15.9 Å². The van der Waals surface area contributed by atoms with E-state index in [1.54, 1.807) is 12.1 Å².